The molecule has 0 bridgehead atoms. The van der Waals surface area contributed by atoms with Crippen LogP contribution in [0.1, 0.15) is 40.4 Å². The molecule has 0 N–H and O–H groups in total. The monoisotopic (exact) mass is 309 g/mol. The lowest BCUT2D eigenvalue weighted by Gasteiger charge is -2.17. The summed E-state index contributed by atoms with van der Waals surface area (Å²) in [5, 5.41) is 0. The summed E-state index contributed by atoms with van der Waals surface area (Å²) in [6, 6.07) is 12.1. The van der Waals surface area contributed by atoms with Gasteiger partial charge >= 0.3 is 5.97 Å². The lowest BCUT2D eigenvalue weighted by atomic mass is 9.87. The Hall–Kier alpha value is -2.42. The van der Waals surface area contributed by atoms with Crippen molar-refractivity contribution in [2.45, 2.75) is 34.1 Å². The van der Waals surface area contributed by atoms with E-state index in [9.17, 15) is 9.59 Å². The van der Waals surface area contributed by atoms with Crippen molar-refractivity contribution in [1.82, 2.24) is 0 Å². The minimum absolute atomic E-state index is 0.0431. The molecule has 0 heterocycles. The van der Waals surface area contributed by atoms with Gasteiger partial charge in [0.15, 0.2) is 5.78 Å². The number of esters is 1. The Labute approximate surface area is 137 Å². The molecule has 0 saturated heterocycles. The van der Waals surface area contributed by atoms with Crippen molar-refractivity contribution >= 4 is 11.8 Å². The number of rotatable bonds is 5. The molecule has 0 amide bonds. The highest BCUT2D eigenvalue weighted by molar-refractivity contribution is 6.01. The summed E-state index contributed by atoms with van der Waals surface area (Å²) < 4.78 is 4.77. The molecule has 3 heteroatoms. The summed E-state index contributed by atoms with van der Waals surface area (Å²) in [7, 11) is 0. The summed E-state index contributed by atoms with van der Waals surface area (Å²) in [5.41, 5.74) is 5.95. The van der Waals surface area contributed by atoms with Gasteiger partial charge in [-0.3, -0.25) is 9.59 Å². The molecular weight excluding hydrogens is 288 g/mol. The van der Waals surface area contributed by atoms with Crippen molar-refractivity contribution in [2.24, 2.45) is 0 Å². The van der Waals surface area contributed by atoms with Crippen LogP contribution in [0.5, 0.6) is 0 Å². The fraction of sp³-hybridized carbons (Fsp3) is 0.250. The molecule has 0 fully saturated rings. The molecule has 0 atom stereocenters. The van der Waals surface area contributed by atoms with E-state index in [1.54, 1.807) is 0 Å². The predicted molar refractivity (Wildman–Crippen MR) is 91.1 cm³/mol. The zero-order valence-electron chi connectivity index (χ0n) is 14.0. The molecule has 0 aromatic heterocycles. The van der Waals surface area contributed by atoms with Crippen molar-refractivity contribution in [2.75, 3.05) is 0 Å². The summed E-state index contributed by atoms with van der Waals surface area (Å²) in [4.78, 5) is 23.4. The number of benzene rings is 2. The number of carbonyl (C=O) groups is 2. The molecule has 2 aromatic rings. The summed E-state index contributed by atoms with van der Waals surface area (Å²) in [6.45, 7) is 8.55. The molecular formula is C20H21O3. The normalized spacial score (nSPS) is 10.4. The summed E-state index contributed by atoms with van der Waals surface area (Å²) >= 11 is 0. The van der Waals surface area contributed by atoms with E-state index in [0.717, 1.165) is 27.8 Å². The maximum absolute atomic E-state index is 12.5. The Kier molecular flexibility index (Phi) is 5.32. The zero-order valence-corrected chi connectivity index (χ0v) is 14.0. The second-order valence-corrected chi connectivity index (χ2v) is 5.65. The van der Waals surface area contributed by atoms with E-state index < -0.39 is 5.97 Å². The van der Waals surface area contributed by atoms with Crippen molar-refractivity contribution in [3.05, 3.63) is 65.3 Å². The Bertz CT molecular complexity index is 730. The molecule has 0 saturated carbocycles. The number of ether oxygens (including phenoxy) is 1. The molecule has 0 unspecified atom stereocenters. The summed E-state index contributed by atoms with van der Waals surface area (Å²) in [6.07, 6.45) is 0.0819. The second kappa shape index (κ2) is 7.23. The molecule has 23 heavy (non-hydrogen) atoms. The van der Waals surface area contributed by atoms with Gasteiger partial charge in [-0.05, 0) is 48.6 Å². The Morgan fingerprint density at radius 2 is 1.70 bits per heavy atom. The SMILES string of the molecule is CC(=O)O[CH]CC(=O)c1c(C)cc(C)c(-c2ccccc2)c1C. The minimum atomic E-state index is -0.417. The van der Waals surface area contributed by atoms with Crippen LogP contribution in [-0.4, -0.2) is 11.8 Å². The molecule has 0 aliphatic carbocycles. The summed E-state index contributed by atoms with van der Waals surface area (Å²) in [5.74, 6) is -0.460. The van der Waals surface area contributed by atoms with Crippen LogP contribution in [0.3, 0.4) is 0 Å². The zero-order chi connectivity index (χ0) is 17.0. The van der Waals surface area contributed by atoms with Gasteiger partial charge in [-0.1, -0.05) is 36.4 Å². The van der Waals surface area contributed by atoms with Gasteiger partial charge in [0, 0.05) is 12.5 Å². The Balaban J connectivity index is 2.41. The first-order chi connectivity index (χ1) is 10.9. The van der Waals surface area contributed by atoms with Crippen LogP contribution in [0.2, 0.25) is 0 Å². The van der Waals surface area contributed by atoms with Crippen molar-refractivity contribution < 1.29 is 14.3 Å². The standard InChI is InChI=1S/C20H21O3/c1-13-12-14(2)20(18(22)10-11-23-16(4)21)15(3)19(13)17-8-6-5-7-9-17/h5-9,11-12H,10H2,1-4H3. The fourth-order valence-corrected chi connectivity index (χ4v) is 3.00. The average Bonchev–Trinajstić information content (AvgIpc) is 2.47. The van der Waals surface area contributed by atoms with Gasteiger partial charge in [-0.25, -0.2) is 0 Å². The van der Waals surface area contributed by atoms with Crippen LogP contribution in [0, 0.1) is 27.4 Å². The average molecular weight is 309 g/mol. The first kappa shape index (κ1) is 16.9. The topological polar surface area (TPSA) is 43.4 Å². The number of Topliss-reactive ketones (excluding diaryl/α,β-unsaturated/α-hetero) is 1. The van der Waals surface area contributed by atoms with Gasteiger partial charge < -0.3 is 4.74 Å². The molecule has 0 aliphatic rings. The van der Waals surface area contributed by atoms with Crippen molar-refractivity contribution in [1.29, 1.82) is 0 Å². The number of aryl methyl sites for hydroxylation is 2. The maximum Gasteiger partial charge on any atom is 0.303 e. The third-order valence-corrected chi connectivity index (χ3v) is 3.83. The third kappa shape index (κ3) is 3.86. The van der Waals surface area contributed by atoms with Crippen LogP contribution in [0.15, 0.2) is 36.4 Å². The van der Waals surface area contributed by atoms with Crippen LogP contribution >= 0.6 is 0 Å². The Morgan fingerprint density at radius 1 is 1.04 bits per heavy atom. The highest BCUT2D eigenvalue weighted by atomic mass is 16.5. The van der Waals surface area contributed by atoms with Gasteiger partial charge in [0.05, 0.1) is 6.42 Å². The van der Waals surface area contributed by atoms with E-state index in [4.69, 9.17) is 4.74 Å². The van der Waals surface area contributed by atoms with Crippen LogP contribution in [0.25, 0.3) is 11.1 Å². The third-order valence-electron chi connectivity index (χ3n) is 3.83. The molecule has 2 aromatic carbocycles. The number of hydrogen-bond donors (Lipinski definition) is 0. The van der Waals surface area contributed by atoms with E-state index in [1.165, 1.54) is 13.5 Å². The van der Waals surface area contributed by atoms with E-state index in [1.807, 2.05) is 50.2 Å². The van der Waals surface area contributed by atoms with Gasteiger partial charge in [-0.2, -0.15) is 0 Å². The van der Waals surface area contributed by atoms with Crippen LogP contribution in [-0.2, 0) is 9.53 Å². The van der Waals surface area contributed by atoms with Crippen molar-refractivity contribution in [3.63, 3.8) is 0 Å². The second-order valence-electron chi connectivity index (χ2n) is 5.65. The van der Waals surface area contributed by atoms with Crippen LogP contribution in [0.4, 0.5) is 0 Å². The lowest BCUT2D eigenvalue weighted by Crippen LogP contribution is -2.09. The van der Waals surface area contributed by atoms with Gasteiger partial charge in [0.25, 0.3) is 0 Å². The molecule has 1 radical (unpaired) electrons. The largest absolute Gasteiger partial charge is 0.458 e. The number of carbonyl (C=O) groups excluding carboxylic acids is 2. The number of hydrogen-bond acceptors (Lipinski definition) is 3. The van der Waals surface area contributed by atoms with E-state index >= 15 is 0 Å². The van der Waals surface area contributed by atoms with E-state index in [0.29, 0.717) is 5.56 Å². The van der Waals surface area contributed by atoms with Gasteiger partial charge in [0.1, 0.15) is 6.61 Å². The predicted octanol–water partition coefficient (Wildman–Crippen LogP) is 4.58. The molecule has 0 aliphatic heterocycles. The molecule has 0 spiro atoms. The number of ketones is 1. The quantitative estimate of drug-likeness (QED) is 0.600. The Morgan fingerprint density at radius 3 is 2.30 bits per heavy atom. The van der Waals surface area contributed by atoms with Gasteiger partial charge in [-0.15, -0.1) is 0 Å². The highest BCUT2D eigenvalue weighted by Gasteiger charge is 2.18. The highest BCUT2D eigenvalue weighted by Crippen LogP contribution is 2.32. The molecule has 2 rings (SSSR count). The maximum atomic E-state index is 12.5. The fourth-order valence-electron chi connectivity index (χ4n) is 3.00. The van der Waals surface area contributed by atoms with E-state index in [2.05, 4.69) is 6.92 Å². The van der Waals surface area contributed by atoms with Crippen molar-refractivity contribution in [3.8, 4) is 11.1 Å². The first-order valence-electron chi connectivity index (χ1n) is 7.60. The van der Waals surface area contributed by atoms with Gasteiger partial charge in [0.2, 0.25) is 0 Å². The van der Waals surface area contributed by atoms with E-state index in [-0.39, 0.29) is 12.2 Å². The molecule has 119 valence electrons. The molecule has 3 nitrogen and oxygen atoms in total. The van der Waals surface area contributed by atoms with Crippen LogP contribution < -0.4 is 0 Å². The smallest absolute Gasteiger partial charge is 0.303 e. The lowest BCUT2D eigenvalue weighted by molar-refractivity contribution is -0.137. The first-order valence-corrected chi connectivity index (χ1v) is 7.60. The minimum Gasteiger partial charge on any atom is -0.458 e.